The third kappa shape index (κ3) is 9.51. The van der Waals surface area contributed by atoms with Gasteiger partial charge >= 0.3 is 5.97 Å². The maximum absolute atomic E-state index is 13.1. The number of rotatable bonds is 7. The van der Waals surface area contributed by atoms with Crippen LogP contribution in [0.4, 0.5) is 0 Å². The Hall–Kier alpha value is -1.99. The maximum Gasteiger partial charge on any atom is 0.308 e. The second-order valence-corrected chi connectivity index (χ2v) is 12.1. The van der Waals surface area contributed by atoms with Crippen LogP contribution >= 0.6 is 0 Å². The van der Waals surface area contributed by atoms with Gasteiger partial charge in [0.25, 0.3) is 0 Å². The number of aliphatic hydroxyl groups excluding tert-OH is 4. The lowest BCUT2D eigenvalue weighted by Gasteiger charge is -2.46. The van der Waals surface area contributed by atoms with Crippen molar-refractivity contribution in [1.82, 2.24) is 4.90 Å². The Kier molecular flexibility index (Phi) is 14.4. The summed E-state index contributed by atoms with van der Waals surface area (Å²) in [5, 5.41) is 43.0. The number of cyclic esters (lactones) is 1. The van der Waals surface area contributed by atoms with Gasteiger partial charge in [0, 0.05) is 24.2 Å². The number of ether oxygens (including phenoxy) is 3. The van der Waals surface area contributed by atoms with Crippen molar-refractivity contribution < 1.29 is 49.0 Å². The van der Waals surface area contributed by atoms with Gasteiger partial charge < -0.3 is 44.3 Å². The van der Waals surface area contributed by atoms with E-state index in [4.69, 9.17) is 14.2 Å². The number of carbonyl (C=O) groups is 3. The number of likely N-dealkylation sites (N-methyl/N-ethyl adjacent to an activating group) is 1. The molecule has 42 heavy (non-hydrogen) atoms. The average molecular weight is 598 g/mol. The summed E-state index contributed by atoms with van der Waals surface area (Å²) in [6, 6.07) is -0.711. The van der Waals surface area contributed by atoms with Gasteiger partial charge in [-0.1, -0.05) is 38.5 Å². The smallest absolute Gasteiger partial charge is 0.308 e. The van der Waals surface area contributed by atoms with Crippen LogP contribution in [0.25, 0.3) is 0 Å². The number of aliphatic hydroxyl groups is 4. The summed E-state index contributed by atoms with van der Waals surface area (Å²) in [6.07, 6.45) is -1.12. The molecule has 11 nitrogen and oxygen atoms in total. The molecule has 0 saturated carbocycles. The minimum absolute atomic E-state index is 0.000625. The van der Waals surface area contributed by atoms with Crippen LogP contribution in [0.15, 0.2) is 23.8 Å². The number of aldehydes is 1. The van der Waals surface area contributed by atoms with E-state index in [0.717, 1.165) is 6.29 Å². The number of hydrogen-bond donors (Lipinski definition) is 4. The third-order valence-corrected chi connectivity index (χ3v) is 8.56. The van der Waals surface area contributed by atoms with Crippen LogP contribution in [0.1, 0.15) is 60.3 Å². The minimum Gasteiger partial charge on any atom is -0.462 e. The van der Waals surface area contributed by atoms with Crippen LogP contribution in [-0.2, 0) is 28.6 Å². The van der Waals surface area contributed by atoms with Crippen LogP contribution in [0.3, 0.4) is 0 Å². The zero-order valence-electron chi connectivity index (χ0n) is 26.0. The first kappa shape index (κ1) is 36.2. The number of nitrogens with zero attached hydrogens (tertiary/aromatic N) is 1. The predicted octanol–water partition coefficient (Wildman–Crippen LogP) is 1.40. The molecule has 2 rings (SSSR count). The van der Waals surface area contributed by atoms with Crippen molar-refractivity contribution in [3.63, 3.8) is 0 Å². The Bertz CT molecular complexity index is 952. The highest BCUT2D eigenvalue weighted by Crippen LogP contribution is 2.34. The molecule has 2 aliphatic rings. The molecular formula is C31H51NO10. The van der Waals surface area contributed by atoms with Crippen molar-refractivity contribution in [3.05, 3.63) is 23.8 Å². The zero-order chi connectivity index (χ0) is 31.7. The molecular weight excluding hydrogens is 546 g/mol. The number of esters is 1. The summed E-state index contributed by atoms with van der Waals surface area (Å²) in [5.41, 5.74) is 0.714. The quantitative estimate of drug-likeness (QED) is 0.248. The zero-order valence-corrected chi connectivity index (χ0v) is 26.0. The van der Waals surface area contributed by atoms with Crippen molar-refractivity contribution >= 4 is 18.0 Å². The fraction of sp³-hybridized carbons (Fsp3) is 0.774. The molecule has 3 unspecified atom stereocenters. The summed E-state index contributed by atoms with van der Waals surface area (Å²) >= 11 is 0. The monoisotopic (exact) mass is 597 g/mol. The first-order valence-electron chi connectivity index (χ1n) is 14.9. The minimum atomic E-state index is -1.27. The van der Waals surface area contributed by atoms with Crippen molar-refractivity contribution in [2.45, 2.75) is 109 Å². The molecule has 240 valence electrons. The summed E-state index contributed by atoms with van der Waals surface area (Å²) in [7, 11) is 3.43. The van der Waals surface area contributed by atoms with Gasteiger partial charge in [-0.05, 0) is 52.8 Å². The van der Waals surface area contributed by atoms with E-state index < -0.39 is 78.6 Å². The van der Waals surface area contributed by atoms with Crippen LogP contribution in [0.5, 0.6) is 0 Å². The lowest BCUT2D eigenvalue weighted by atomic mass is 9.79. The Morgan fingerprint density at radius 1 is 1.10 bits per heavy atom. The number of carbonyl (C=O) groups excluding carboxylic acids is 3. The van der Waals surface area contributed by atoms with Crippen LogP contribution in [-0.4, -0.2) is 113 Å². The van der Waals surface area contributed by atoms with E-state index in [1.165, 1.54) is 6.08 Å². The van der Waals surface area contributed by atoms with Gasteiger partial charge in [0.15, 0.2) is 12.1 Å². The highest BCUT2D eigenvalue weighted by atomic mass is 16.7. The average Bonchev–Trinajstić information content (AvgIpc) is 2.93. The van der Waals surface area contributed by atoms with E-state index in [1.807, 2.05) is 6.92 Å². The first-order valence-corrected chi connectivity index (χ1v) is 14.9. The van der Waals surface area contributed by atoms with Gasteiger partial charge in [-0.2, -0.15) is 0 Å². The van der Waals surface area contributed by atoms with Gasteiger partial charge in [-0.25, -0.2) is 0 Å². The molecule has 0 spiro atoms. The lowest BCUT2D eigenvalue weighted by Crippen LogP contribution is -2.63. The molecule has 12 atom stereocenters. The Morgan fingerprint density at radius 3 is 2.33 bits per heavy atom. The normalized spacial score (nSPS) is 39.6. The molecule has 0 bridgehead atoms. The second-order valence-electron chi connectivity index (χ2n) is 12.1. The van der Waals surface area contributed by atoms with Crippen LogP contribution < -0.4 is 0 Å². The predicted molar refractivity (Wildman–Crippen MR) is 155 cm³/mol. The van der Waals surface area contributed by atoms with Gasteiger partial charge in [0.2, 0.25) is 0 Å². The molecule has 1 fully saturated rings. The topological polar surface area (TPSA) is 163 Å². The van der Waals surface area contributed by atoms with Crippen LogP contribution in [0, 0.1) is 23.7 Å². The Balaban J connectivity index is 2.52. The Morgan fingerprint density at radius 2 is 1.76 bits per heavy atom. The molecule has 0 radical (unpaired) electrons. The summed E-state index contributed by atoms with van der Waals surface area (Å²) in [6.45, 7) is 8.42. The largest absolute Gasteiger partial charge is 0.462 e. The fourth-order valence-corrected chi connectivity index (χ4v) is 5.93. The van der Waals surface area contributed by atoms with Crippen molar-refractivity contribution in [1.29, 1.82) is 0 Å². The van der Waals surface area contributed by atoms with E-state index in [2.05, 4.69) is 0 Å². The van der Waals surface area contributed by atoms with Gasteiger partial charge in [-0.3, -0.25) is 9.59 Å². The highest BCUT2D eigenvalue weighted by Gasteiger charge is 2.47. The molecule has 1 saturated heterocycles. The SMILES string of the molecule is CC[C@H]1OC(=O)C[C@@H](O)[C@H](C)[C@@H](O[C@@H]2O[C@H](C)C(O)C(N(C)C)C2O)[C@@H](CC=O)C[C@@H](C)C(=O)C=CC(C)=C[C@@H]1CO. The van der Waals surface area contributed by atoms with E-state index in [9.17, 15) is 34.8 Å². The molecule has 4 N–H and O–H groups in total. The maximum atomic E-state index is 13.1. The van der Waals surface area contributed by atoms with Gasteiger partial charge in [-0.15, -0.1) is 0 Å². The van der Waals surface area contributed by atoms with E-state index in [-0.39, 0.29) is 31.7 Å². The van der Waals surface area contributed by atoms with Crippen LogP contribution in [0.2, 0.25) is 0 Å². The molecule has 0 aromatic rings. The molecule has 0 aliphatic carbocycles. The van der Waals surface area contributed by atoms with E-state index >= 15 is 0 Å². The molecule has 0 aromatic heterocycles. The number of ketones is 1. The standard InChI is InChI=1S/C31H51NO10/c1-8-25-22(16-34)13-17(2)9-10-23(35)18(3)14-21(11-12-33)30(19(4)24(36)15-26(37)41-25)42-31-29(39)27(32(6)7)28(38)20(5)40-31/h9-10,12-13,18-22,24-25,27-31,34,36,38-39H,8,11,14-16H2,1-7H3/t18-,19+,20-,21+,22-,24-,25-,27?,28?,29?,30-,31+/m1/s1. The highest BCUT2D eigenvalue weighted by molar-refractivity contribution is 5.91. The van der Waals surface area contributed by atoms with Crippen molar-refractivity contribution in [2.75, 3.05) is 20.7 Å². The van der Waals surface area contributed by atoms with E-state index in [1.54, 1.807) is 58.8 Å². The second kappa shape index (κ2) is 16.7. The first-order chi connectivity index (χ1) is 19.7. The van der Waals surface area contributed by atoms with Gasteiger partial charge in [0.1, 0.15) is 18.5 Å². The lowest BCUT2D eigenvalue weighted by molar-refractivity contribution is -0.304. The molecule has 2 aliphatic heterocycles. The summed E-state index contributed by atoms with van der Waals surface area (Å²) in [5.74, 6) is -3.16. The fourth-order valence-electron chi connectivity index (χ4n) is 5.93. The van der Waals surface area contributed by atoms with Crippen molar-refractivity contribution in [2.24, 2.45) is 23.7 Å². The Labute approximate surface area is 249 Å². The molecule has 2 heterocycles. The number of allylic oxidation sites excluding steroid dienone is 3. The molecule has 0 amide bonds. The molecule has 11 heteroatoms. The van der Waals surface area contributed by atoms with Gasteiger partial charge in [0.05, 0.1) is 43.5 Å². The third-order valence-electron chi connectivity index (χ3n) is 8.56. The number of hydrogen-bond acceptors (Lipinski definition) is 11. The summed E-state index contributed by atoms with van der Waals surface area (Å²) < 4.78 is 17.9. The molecule has 0 aromatic carbocycles. The van der Waals surface area contributed by atoms with E-state index in [0.29, 0.717) is 12.0 Å². The summed E-state index contributed by atoms with van der Waals surface area (Å²) in [4.78, 5) is 39.6. The van der Waals surface area contributed by atoms with Crippen molar-refractivity contribution in [3.8, 4) is 0 Å².